The van der Waals surface area contributed by atoms with Gasteiger partial charge in [-0.2, -0.15) is 5.10 Å². The highest BCUT2D eigenvalue weighted by atomic mass is 16.4. The van der Waals surface area contributed by atoms with Crippen molar-refractivity contribution in [3.8, 4) is 39.4 Å². The fraction of sp³-hybridized carbons (Fsp3) is 0. The summed E-state index contributed by atoms with van der Waals surface area (Å²) < 4.78 is 1.35. The van der Waals surface area contributed by atoms with Crippen molar-refractivity contribution in [1.29, 1.82) is 0 Å². The Morgan fingerprint density at radius 2 is 1.50 bits per heavy atom. The van der Waals surface area contributed by atoms with Crippen LogP contribution >= 0.6 is 0 Å². The predicted octanol–water partition coefficient (Wildman–Crippen LogP) is 3.71. The van der Waals surface area contributed by atoms with Crippen molar-refractivity contribution in [3.63, 3.8) is 0 Å². The average Bonchev–Trinajstić information content (AvgIpc) is 3.22. The quantitative estimate of drug-likeness (QED) is 0.503. The number of carbonyl (C=O) groups is 1. The predicted molar refractivity (Wildman–Crippen MR) is 103 cm³/mol. The molecule has 0 amide bonds. The highest BCUT2D eigenvalue weighted by Gasteiger charge is 2.22. The SMILES string of the molecule is O=C(O)c1cc(-c2ccccc2O)cc(-c2ccccc2O)c1-n1cncn1. The summed E-state index contributed by atoms with van der Waals surface area (Å²) in [5.74, 6) is -1.15. The van der Waals surface area contributed by atoms with Crippen molar-refractivity contribution in [1.82, 2.24) is 14.8 Å². The number of benzene rings is 3. The van der Waals surface area contributed by atoms with Crippen LogP contribution in [0.25, 0.3) is 27.9 Å². The lowest BCUT2D eigenvalue weighted by molar-refractivity contribution is 0.0696. The van der Waals surface area contributed by atoms with E-state index in [1.807, 2.05) is 0 Å². The zero-order chi connectivity index (χ0) is 19.7. The second kappa shape index (κ2) is 6.88. The molecular weight excluding hydrogens is 358 g/mol. The minimum absolute atomic E-state index is 0.00497. The lowest BCUT2D eigenvalue weighted by Gasteiger charge is -2.16. The number of hydrogen-bond acceptors (Lipinski definition) is 5. The molecule has 3 N–H and O–H groups in total. The molecule has 0 aliphatic rings. The summed E-state index contributed by atoms with van der Waals surface area (Å²) in [6, 6.07) is 16.5. The molecule has 7 heteroatoms. The Balaban J connectivity index is 2.10. The van der Waals surface area contributed by atoms with E-state index in [9.17, 15) is 20.1 Å². The van der Waals surface area contributed by atoms with Crippen molar-refractivity contribution in [3.05, 3.63) is 78.9 Å². The maximum atomic E-state index is 12.1. The fourth-order valence-corrected chi connectivity index (χ4v) is 3.15. The van der Waals surface area contributed by atoms with Crippen LogP contribution in [0.1, 0.15) is 10.4 Å². The van der Waals surface area contributed by atoms with Gasteiger partial charge in [-0.3, -0.25) is 0 Å². The minimum Gasteiger partial charge on any atom is -0.507 e. The van der Waals surface area contributed by atoms with Gasteiger partial charge in [0.25, 0.3) is 0 Å². The van der Waals surface area contributed by atoms with Gasteiger partial charge in [0.15, 0.2) is 0 Å². The molecule has 28 heavy (non-hydrogen) atoms. The highest BCUT2D eigenvalue weighted by Crippen LogP contribution is 2.40. The molecule has 0 atom stereocenters. The number of aromatic nitrogens is 3. The van der Waals surface area contributed by atoms with Crippen molar-refractivity contribution in [2.24, 2.45) is 0 Å². The Morgan fingerprint density at radius 1 is 0.857 bits per heavy atom. The van der Waals surface area contributed by atoms with Gasteiger partial charge in [0, 0.05) is 16.7 Å². The van der Waals surface area contributed by atoms with Crippen molar-refractivity contribution < 1.29 is 20.1 Å². The normalized spacial score (nSPS) is 10.7. The van der Waals surface area contributed by atoms with Crippen molar-refractivity contribution >= 4 is 5.97 Å². The van der Waals surface area contributed by atoms with Gasteiger partial charge in [-0.25, -0.2) is 14.5 Å². The molecule has 0 fully saturated rings. The molecule has 4 rings (SSSR count). The Bertz CT molecular complexity index is 1170. The summed E-state index contributed by atoms with van der Waals surface area (Å²) in [6.45, 7) is 0. The number of carboxylic acids is 1. The zero-order valence-corrected chi connectivity index (χ0v) is 14.5. The molecule has 0 spiro atoms. The minimum atomic E-state index is -1.17. The first-order valence-corrected chi connectivity index (χ1v) is 8.39. The van der Waals surface area contributed by atoms with Gasteiger partial charge in [-0.05, 0) is 29.8 Å². The van der Waals surface area contributed by atoms with Gasteiger partial charge in [0.05, 0.1) is 11.3 Å². The Kier molecular flexibility index (Phi) is 4.25. The third-order valence-electron chi connectivity index (χ3n) is 4.40. The van der Waals surface area contributed by atoms with E-state index in [4.69, 9.17) is 0 Å². The van der Waals surface area contributed by atoms with Gasteiger partial charge >= 0.3 is 5.97 Å². The van der Waals surface area contributed by atoms with Gasteiger partial charge in [-0.15, -0.1) is 0 Å². The molecule has 4 aromatic rings. The van der Waals surface area contributed by atoms with E-state index in [0.29, 0.717) is 22.3 Å². The number of nitrogens with zero attached hydrogens (tertiary/aromatic N) is 3. The van der Waals surface area contributed by atoms with Crippen molar-refractivity contribution in [2.45, 2.75) is 0 Å². The average molecular weight is 373 g/mol. The smallest absolute Gasteiger partial charge is 0.337 e. The highest BCUT2D eigenvalue weighted by molar-refractivity contribution is 5.99. The molecule has 1 heterocycles. The summed E-state index contributed by atoms with van der Waals surface area (Å²) in [4.78, 5) is 16.0. The third-order valence-corrected chi connectivity index (χ3v) is 4.40. The molecule has 0 aliphatic carbocycles. The van der Waals surface area contributed by atoms with Gasteiger partial charge < -0.3 is 15.3 Å². The lowest BCUT2D eigenvalue weighted by Crippen LogP contribution is -2.08. The van der Waals surface area contributed by atoms with E-state index >= 15 is 0 Å². The third kappa shape index (κ3) is 2.95. The molecule has 0 unspecified atom stereocenters. The van der Waals surface area contributed by atoms with Crippen molar-refractivity contribution in [2.75, 3.05) is 0 Å². The fourth-order valence-electron chi connectivity index (χ4n) is 3.15. The van der Waals surface area contributed by atoms with E-state index in [1.165, 1.54) is 35.5 Å². The van der Waals surface area contributed by atoms with E-state index in [2.05, 4.69) is 10.1 Å². The number of para-hydroxylation sites is 2. The largest absolute Gasteiger partial charge is 0.507 e. The van der Waals surface area contributed by atoms with Crippen LogP contribution in [0, 0.1) is 0 Å². The first kappa shape index (κ1) is 17.3. The van der Waals surface area contributed by atoms with Crippen LogP contribution < -0.4 is 0 Å². The number of rotatable bonds is 4. The zero-order valence-electron chi connectivity index (χ0n) is 14.5. The molecule has 0 bridgehead atoms. The Labute approximate surface area is 159 Å². The summed E-state index contributed by atoms with van der Waals surface area (Å²) in [5.41, 5.74) is 2.09. The first-order valence-electron chi connectivity index (χ1n) is 8.39. The van der Waals surface area contributed by atoms with Crippen LogP contribution in [0.5, 0.6) is 11.5 Å². The molecule has 1 aromatic heterocycles. The van der Waals surface area contributed by atoms with Crippen LogP contribution in [-0.4, -0.2) is 36.1 Å². The first-order chi connectivity index (χ1) is 13.6. The second-order valence-corrected chi connectivity index (χ2v) is 6.10. The van der Waals surface area contributed by atoms with Gasteiger partial charge in [0.2, 0.25) is 0 Å². The molecule has 0 saturated heterocycles. The maximum Gasteiger partial charge on any atom is 0.337 e. The number of phenols is 2. The summed E-state index contributed by atoms with van der Waals surface area (Å²) in [6.07, 6.45) is 2.70. The number of hydrogen-bond donors (Lipinski definition) is 3. The molecular formula is C21H15N3O4. The van der Waals surface area contributed by atoms with Crippen LogP contribution in [0.4, 0.5) is 0 Å². The van der Waals surface area contributed by atoms with Crippen LogP contribution in [0.15, 0.2) is 73.3 Å². The summed E-state index contributed by atoms with van der Waals surface area (Å²) in [5, 5.41) is 34.6. The molecule has 0 radical (unpaired) electrons. The van der Waals surface area contributed by atoms with Gasteiger partial charge in [0.1, 0.15) is 24.2 Å². The molecule has 0 aliphatic heterocycles. The molecule has 0 saturated carbocycles. The monoisotopic (exact) mass is 373 g/mol. The van der Waals surface area contributed by atoms with Crippen LogP contribution in [-0.2, 0) is 0 Å². The lowest BCUT2D eigenvalue weighted by atomic mass is 9.93. The Hall–Kier alpha value is -4.13. The summed E-state index contributed by atoms with van der Waals surface area (Å²) in [7, 11) is 0. The molecule has 138 valence electrons. The maximum absolute atomic E-state index is 12.1. The molecule has 7 nitrogen and oxygen atoms in total. The van der Waals surface area contributed by atoms with Crippen LogP contribution in [0.3, 0.4) is 0 Å². The Morgan fingerprint density at radius 3 is 2.07 bits per heavy atom. The van der Waals surface area contributed by atoms with E-state index in [0.717, 1.165) is 0 Å². The van der Waals surface area contributed by atoms with Gasteiger partial charge in [-0.1, -0.05) is 36.4 Å². The van der Waals surface area contributed by atoms with Crippen LogP contribution in [0.2, 0.25) is 0 Å². The topological polar surface area (TPSA) is 108 Å². The second-order valence-electron chi connectivity index (χ2n) is 6.10. The number of aromatic hydroxyl groups is 2. The molecule has 3 aromatic carbocycles. The number of carboxylic acid groups (broad SMARTS) is 1. The van der Waals surface area contributed by atoms with E-state index < -0.39 is 5.97 Å². The standard InChI is InChI=1S/C21H15N3O4/c25-18-7-3-1-5-14(18)13-9-16(15-6-2-4-8-19(15)26)20(17(10-13)21(27)28)24-12-22-11-23-24/h1-12,25-26H,(H,27,28). The number of phenolic OH excluding ortho intramolecular Hbond substituents is 2. The van der Waals surface area contributed by atoms with E-state index in [1.54, 1.807) is 42.5 Å². The van der Waals surface area contributed by atoms with E-state index in [-0.39, 0.29) is 22.7 Å². The number of aromatic carboxylic acids is 1. The summed E-state index contributed by atoms with van der Waals surface area (Å²) >= 11 is 0.